The van der Waals surface area contributed by atoms with Crippen LogP contribution in [0.1, 0.15) is 11.1 Å². The second-order valence-electron chi connectivity index (χ2n) is 5.95. The van der Waals surface area contributed by atoms with Gasteiger partial charge in [-0.3, -0.25) is 15.1 Å². The van der Waals surface area contributed by atoms with Gasteiger partial charge >= 0.3 is 0 Å². The quantitative estimate of drug-likeness (QED) is 0.255. The molecule has 1 aromatic rings. The van der Waals surface area contributed by atoms with Gasteiger partial charge in [-0.2, -0.15) is 0 Å². The van der Waals surface area contributed by atoms with Crippen molar-refractivity contribution in [1.82, 2.24) is 0 Å². The molecule has 1 rings (SSSR count). The third-order valence-corrected chi connectivity index (χ3v) is 3.66. The lowest BCUT2D eigenvalue weighted by atomic mass is 10.1. The zero-order valence-corrected chi connectivity index (χ0v) is 13.5. The molecule has 0 unspecified atom stereocenters. The second kappa shape index (κ2) is 7.30. The van der Waals surface area contributed by atoms with Crippen LogP contribution < -0.4 is 0 Å². The Bertz CT molecular complexity index is 496. The number of hydrogen-bond acceptors (Lipinski definition) is 4. The molecule has 0 saturated carbocycles. The average Bonchev–Trinajstić information content (AvgIpc) is 2.33. The Morgan fingerprint density at radius 3 is 2.65 bits per heavy atom. The molecule has 1 aromatic carbocycles. The predicted octanol–water partition coefficient (Wildman–Crippen LogP) is 3.22. The van der Waals surface area contributed by atoms with Crippen molar-refractivity contribution in [3.05, 3.63) is 39.4 Å². The van der Waals surface area contributed by atoms with E-state index in [1.165, 1.54) is 6.07 Å². The first kappa shape index (κ1) is 16.5. The molecular formula is C14H22N2O3Si. The van der Waals surface area contributed by atoms with E-state index in [1.54, 1.807) is 18.3 Å². The third kappa shape index (κ3) is 6.07. The van der Waals surface area contributed by atoms with Crippen LogP contribution in [-0.4, -0.2) is 38.6 Å². The van der Waals surface area contributed by atoms with Gasteiger partial charge in [0.1, 0.15) is 0 Å². The highest BCUT2D eigenvalue weighted by molar-refractivity contribution is 6.76. The molecule has 0 bridgehead atoms. The van der Waals surface area contributed by atoms with Crippen LogP contribution in [0.25, 0.3) is 0 Å². The Labute approximate surface area is 120 Å². The van der Waals surface area contributed by atoms with E-state index in [0.29, 0.717) is 13.2 Å². The monoisotopic (exact) mass is 294 g/mol. The van der Waals surface area contributed by atoms with Gasteiger partial charge in [0.2, 0.25) is 0 Å². The highest BCUT2D eigenvalue weighted by Crippen LogP contribution is 2.15. The zero-order valence-electron chi connectivity index (χ0n) is 12.5. The lowest BCUT2D eigenvalue weighted by molar-refractivity contribution is -0.384. The molecule has 0 spiro atoms. The first-order valence-corrected chi connectivity index (χ1v) is 10.3. The van der Waals surface area contributed by atoms with Gasteiger partial charge < -0.3 is 4.74 Å². The van der Waals surface area contributed by atoms with Gasteiger partial charge in [0.25, 0.3) is 5.69 Å². The number of ether oxygens (including phenoxy) is 1. The molecule has 110 valence electrons. The fourth-order valence-corrected chi connectivity index (χ4v) is 2.33. The van der Waals surface area contributed by atoms with Crippen LogP contribution in [0.4, 0.5) is 5.69 Å². The van der Waals surface area contributed by atoms with Crippen molar-refractivity contribution in [2.24, 2.45) is 4.99 Å². The summed E-state index contributed by atoms with van der Waals surface area (Å²) in [5, 5.41) is 10.6. The van der Waals surface area contributed by atoms with Gasteiger partial charge in [-0.25, -0.2) is 0 Å². The molecule has 0 atom stereocenters. The number of nitro benzene ring substituents is 1. The number of non-ortho nitro benzene ring substituents is 1. The molecule has 6 heteroatoms. The summed E-state index contributed by atoms with van der Waals surface area (Å²) in [6.45, 7) is 9.85. The third-order valence-electron chi connectivity index (χ3n) is 2.59. The van der Waals surface area contributed by atoms with E-state index in [9.17, 15) is 10.1 Å². The fourth-order valence-electron chi connectivity index (χ4n) is 1.58. The lowest BCUT2D eigenvalue weighted by Crippen LogP contribution is -2.28. The number of nitro groups is 1. The van der Waals surface area contributed by atoms with E-state index in [2.05, 4.69) is 24.6 Å². The van der Waals surface area contributed by atoms with Crippen LogP contribution in [0.2, 0.25) is 19.6 Å². The smallest absolute Gasteiger partial charge is 0.269 e. The normalized spacial score (nSPS) is 12.0. The molecule has 20 heavy (non-hydrogen) atoms. The van der Waals surface area contributed by atoms with E-state index < -0.39 is 13.0 Å². The van der Waals surface area contributed by atoms with Crippen LogP contribution in [0, 0.1) is 17.0 Å². The summed E-state index contributed by atoms with van der Waals surface area (Å²) in [4.78, 5) is 14.5. The maximum atomic E-state index is 10.6. The molecule has 0 aliphatic carbocycles. The van der Waals surface area contributed by atoms with Crippen molar-refractivity contribution in [3.63, 3.8) is 0 Å². The number of aryl methyl sites for hydroxylation is 1. The van der Waals surface area contributed by atoms with Crippen LogP contribution in [0.3, 0.4) is 0 Å². The van der Waals surface area contributed by atoms with Crippen LogP contribution in [0.5, 0.6) is 0 Å². The van der Waals surface area contributed by atoms with E-state index in [-0.39, 0.29) is 5.69 Å². The predicted molar refractivity (Wildman–Crippen MR) is 84.5 cm³/mol. The van der Waals surface area contributed by atoms with Crippen molar-refractivity contribution < 1.29 is 9.66 Å². The van der Waals surface area contributed by atoms with E-state index in [4.69, 9.17) is 4.74 Å². The summed E-state index contributed by atoms with van der Waals surface area (Å²) in [6, 6.07) is 4.78. The van der Waals surface area contributed by atoms with Crippen molar-refractivity contribution in [3.8, 4) is 0 Å². The molecular weight excluding hydrogens is 272 g/mol. The first-order valence-electron chi connectivity index (χ1n) is 6.62. The Morgan fingerprint density at radius 1 is 1.40 bits per heavy atom. The highest BCUT2D eigenvalue weighted by atomic mass is 28.3. The summed E-state index contributed by atoms with van der Waals surface area (Å²) in [6.07, 6.45) is 2.59. The molecule has 0 amide bonds. The Hall–Kier alpha value is -1.53. The summed E-state index contributed by atoms with van der Waals surface area (Å²) in [7, 11) is -1.15. The summed E-state index contributed by atoms with van der Waals surface area (Å²) in [5.74, 6) is 0. The molecule has 0 fully saturated rings. The lowest BCUT2D eigenvalue weighted by Gasteiger charge is -2.14. The summed E-state index contributed by atoms with van der Waals surface area (Å²) >= 11 is 0. The minimum Gasteiger partial charge on any atom is -0.383 e. The van der Waals surface area contributed by atoms with Gasteiger partial charge in [-0.1, -0.05) is 19.6 Å². The molecule has 0 radical (unpaired) electrons. The number of aliphatic imine (C=N–C) groups is 1. The van der Waals surface area contributed by atoms with Crippen molar-refractivity contribution in [1.29, 1.82) is 0 Å². The average molecular weight is 294 g/mol. The van der Waals surface area contributed by atoms with E-state index in [1.807, 2.05) is 6.92 Å². The molecule has 0 saturated heterocycles. The number of benzene rings is 1. The number of rotatable bonds is 7. The summed E-state index contributed by atoms with van der Waals surface area (Å²) in [5.41, 5.74) is 1.87. The van der Waals surface area contributed by atoms with Gasteiger partial charge in [0.05, 0.1) is 26.1 Å². The zero-order chi connectivity index (χ0) is 15.2. The molecule has 0 N–H and O–H groups in total. The Morgan fingerprint density at radius 2 is 2.10 bits per heavy atom. The highest BCUT2D eigenvalue weighted by Gasteiger charge is 2.12. The topological polar surface area (TPSA) is 64.7 Å². The van der Waals surface area contributed by atoms with Crippen LogP contribution in [0.15, 0.2) is 23.2 Å². The SMILES string of the molecule is Cc1cc([N+](=O)[O-])ccc1C=NCCOC[Si](C)(C)C. The minimum atomic E-state index is -1.15. The Kier molecular flexibility index (Phi) is 6.03. The van der Waals surface area contributed by atoms with Crippen LogP contribution in [-0.2, 0) is 4.74 Å². The van der Waals surface area contributed by atoms with Gasteiger partial charge in [-0.05, 0) is 24.1 Å². The van der Waals surface area contributed by atoms with Gasteiger partial charge in [-0.15, -0.1) is 0 Å². The van der Waals surface area contributed by atoms with E-state index in [0.717, 1.165) is 17.4 Å². The van der Waals surface area contributed by atoms with Crippen molar-refractivity contribution in [2.45, 2.75) is 26.6 Å². The minimum absolute atomic E-state index is 0.109. The molecule has 0 aliphatic rings. The maximum Gasteiger partial charge on any atom is 0.269 e. The van der Waals surface area contributed by atoms with Crippen LogP contribution >= 0.6 is 0 Å². The standard InChI is InChI=1S/C14H22N2O3Si/c1-12-9-14(16(17)18)6-5-13(12)10-15-7-8-19-11-20(2,3)4/h5-6,9-10H,7-8,11H2,1-4H3. The maximum absolute atomic E-state index is 10.6. The summed E-state index contributed by atoms with van der Waals surface area (Å²) < 4.78 is 5.58. The van der Waals surface area contributed by atoms with E-state index >= 15 is 0 Å². The Balaban J connectivity index is 2.45. The molecule has 5 nitrogen and oxygen atoms in total. The fraction of sp³-hybridized carbons (Fsp3) is 0.500. The number of hydrogen-bond donors (Lipinski definition) is 0. The van der Waals surface area contributed by atoms with Crippen molar-refractivity contribution >= 4 is 20.0 Å². The van der Waals surface area contributed by atoms with Crippen molar-refractivity contribution in [2.75, 3.05) is 19.4 Å². The van der Waals surface area contributed by atoms with Gasteiger partial charge in [0.15, 0.2) is 0 Å². The molecule has 0 heterocycles. The second-order valence-corrected chi connectivity index (χ2v) is 11.4. The largest absolute Gasteiger partial charge is 0.383 e. The number of nitrogens with zero attached hydrogens (tertiary/aromatic N) is 2. The first-order chi connectivity index (χ1) is 9.29. The van der Waals surface area contributed by atoms with Gasteiger partial charge in [0, 0.05) is 24.6 Å². The molecule has 0 aromatic heterocycles. The molecule has 0 aliphatic heterocycles.